The number of hydrogen-bond donors (Lipinski definition) is 0. The van der Waals surface area contributed by atoms with E-state index in [1.807, 2.05) is 6.20 Å². The zero-order valence-corrected chi connectivity index (χ0v) is 15.0. The number of likely N-dealkylation sites (tertiary alicyclic amines) is 1. The summed E-state index contributed by atoms with van der Waals surface area (Å²) in [6, 6.07) is 15.7. The van der Waals surface area contributed by atoms with Gasteiger partial charge in [-0.2, -0.15) is 0 Å². The highest BCUT2D eigenvalue weighted by Crippen LogP contribution is 2.36. The van der Waals surface area contributed by atoms with E-state index in [9.17, 15) is 0 Å². The van der Waals surface area contributed by atoms with Crippen molar-refractivity contribution >= 4 is 5.82 Å². The molecule has 1 atom stereocenters. The summed E-state index contributed by atoms with van der Waals surface area (Å²) in [7, 11) is 0. The average Bonchev–Trinajstić information content (AvgIpc) is 2.65. The summed E-state index contributed by atoms with van der Waals surface area (Å²) in [5, 5.41) is 0. The lowest BCUT2D eigenvalue weighted by molar-refractivity contribution is 0.140. The van der Waals surface area contributed by atoms with Gasteiger partial charge in [0.05, 0.1) is 0 Å². The second-order valence-corrected chi connectivity index (χ2v) is 6.56. The van der Waals surface area contributed by atoms with Crippen LogP contribution >= 0.6 is 0 Å². The third kappa shape index (κ3) is 3.78. The predicted molar refractivity (Wildman–Crippen MR) is 101 cm³/mol. The van der Waals surface area contributed by atoms with Gasteiger partial charge in [0.2, 0.25) is 0 Å². The number of anilines is 1. The van der Waals surface area contributed by atoms with Crippen molar-refractivity contribution in [3.8, 4) is 0 Å². The Morgan fingerprint density at radius 1 is 1.04 bits per heavy atom. The van der Waals surface area contributed by atoms with Gasteiger partial charge >= 0.3 is 0 Å². The standard InChI is InChI=1S/C21H29N3/c1-3-23(4-2)21-19(13-10-15-22-21)20-14-8-9-16-24(20)17-18-11-6-5-7-12-18/h5-7,10-13,15,20H,3-4,8-9,14,16-17H2,1-2H3/t20-/m0/s1. The second kappa shape index (κ2) is 8.29. The molecular weight excluding hydrogens is 294 g/mol. The van der Waals surface area contributed by atoms with Crippen LogP contribution < -0.4 is 4.90 Å². The Hall–Kier alpha value is -1.87. The fourth-order valence-corrected chi connectivity index (χ4v) is 3.81. The molecule has 128 valence electrons. The number of benzene rings is 1. The van der Waals surface area contributed by atoms with Crippen LogP contribution in [-0.4, -0.2) is 29.5 Å². The van der Waals surface area contributed by atoms with E-state index in [0.717, 1.165) is 19.6 Å². The Kier molecular flexibility index (Phi) is 5.86. The first-order valence-corrected chi connectivity index (χ1v) is 9.31. The molecule has 0 amide bonds. The summed E-state index contributed by atoms with van der Waals surface area (Å²) in [4.78, 5) is 9.76. The van der Waals surface area contributed by atoms with Gasteiger partial charge in [-0.05, 0) is 44.9 Å². The number of aromatic nitrogens is 1. The zero-order chi connectivity index (χ0) is 16.8. The van der Waals surface area contributed by atoms with Gasteiger partial charge in [-0.25, -0.2) is 4.98 Å². The SMILES string of the molecule is CCN(CC)c1ncccc1[C@@H]1CCCCN1Cc1ccccc1. The molecule has 24 heavy (non-hydrogen) atoms. The lowest BCUT2D eigenvalue weighted by atomic mass is 9.94. The summed E-state index contributed by atoms with van der Waals surface area (Å²) in [5.41, 5.74) is 2.80. The van der Waals surface area contributed by atoms with Crippen LogP contribution in [0.5, 0.6) is 0 Å². The summed E-state index contributed by atoms with van der Waals surface area (Å²) in [6.45, 7) is 8.64. The van der Waals surface area contributed by atoms with E-state index in [0.29, 0.717) is 6.04 Å². The molecule has 0 bridgehead atoms. The van der Waals surface area contributed by atoms with Gasteiger partial charge in [0.25, 0.3) is 0 Å². The first-order chi connectivity index (χ1) is 11.8. The van der Waals surface area contributed by atoms with Crippen LogP contribution in [-0.2, 0) is 6.54 Å². The molecule has 1 aliphatic heterocycles. The predicted octanol–water partition coefficient (Wildman–Crippen LogP) is 4.66. The Morgan fingerprint density at radius 2 is 1.83 bits per heavy atom. The van der Waals surface area contributed by atoms with Crippen LogP contribution in [0.3, 0.4) is 0 Å². The van der Waals surface area contributed by atoms with Crippen molar-refractivity contribution in [2.24, 2.45) is 0 Å². The van der Waals surface area contributed by atoms with Crippen molar-refractivity contribution in [2.75, 3.05) is 24.5 Å². The Bertz CT molecular complexity index is 622. The van der Waals surface area contributed by atoms with Crippen LogP contribution in [0.4, 0.5) is 5.82 Å². The van der Waals surface area contributed by atoms with Crippen molar-refractivity contribution in [3.63, 3.8) is 0 Å². The lowest BCUT2D eigenvalue weighted by Gasteiger charge is -2.38. The van der Waals surface area contributed by atoms with Crippen molar-refractivity contribution in [1.82, 2.24) is 9.88 Å². The number of pyridine rings is 1. The van der Waals surface area contributed by atoms with Crippen LogP contribution in [0.25, 0.3) is 0 Å². The van der Waals surface area contributed by atoms with E-state index in [1.54, 1.807) is 0 Å². The Labute approximate surface area is 146 Å². The maximum atomic E-state index is 4.74. The summed E-state index contributed by atoms with van der Waals surface area (Å²) in [5.74, 6) is 1.17. The van der Waals surface area contributed by atoms with Gasteiger partial charge in [0.15, 0.2) is 0 Å². The van der Waals surface area contributed by atoms with Crippen molar-refractivity contribution in [3.05, 3.63) is 59.8 Å². The first kappa shape index (κ1) is 17.0. The maximum absolute atomic E-state index is 4.74. The normalized spacial score (nSPS) is 18.5. The van der Waals surface area contributed by atoms with Crippen molar-refractivity contribution < 1.29 is 0 Å². The number of piperidine rings is 1. The van der Waals surface area contributed by atoms with Crippen LogP contribution in [0.1, 0.15) is 50.3 Å². The first-order valence-electron chi connectivity index (χ1n) is 9.31. The maximum Gasteiger partial charge on any atom is 0.133 e. The monoisotopic (exact) mass is 323 g/mol. The molecule has 1 fully saturated rings. The molecule has 0 aliphatic carbocycles. The molecule has 3 heteroatoms. The Morgan fingerprint density at radius 3 is 2.58 bits per heavy atom. The summed E-state index contributed by atoms with van der Waals surface area (Å²) >= 11 is 0. The Balaban J connectivity index is 1.88. The average molecular weight is 323 g/mol. The van der Waals surface area contributed by atoms with E-state index in [2.05, 4.69) is 66.1 Å². The van der Waals surface area contributed by atoms with E-state index in [-0.39, 0.29) is 0 Å². The summed E-state index contributed by atoms with van der Waals surface area (Å²) in [6.07, 6.45) is 5.76. The molecule has 1 aromatic heterocycles. The van der Waals surface area contributed by atoms with E-state index < -0.39 is 0 Å². The molecule has 1 aromatic carbocycles. The number of hydrogen-bond acceptors (Lipinski definition) is 3. The zero-order valence-electron chi connectivity index (χ0n) is 15.0. The van der Waals surface area contributed by atoms with Crippen molar-refractivity contribution in [2.45, 2.75) is 45.7 Å². The topological polar surface area (TPSA) is 19.4 Å². The summed E-state index contributed by atoms with van der Waals surface area (Å²) < 4.78 is 0. The minimum Gasteiger partial charge on any atom is -0.357 e. The second-order valence-electron chi connectivity index (χ2n) is 6.56. The van der Waals surface area contributed by atoms with Crippen LogP contribution in [0.2, 0.25) is 0 Å². The van der Waals surface area contributed by atoms with Crippen LogP contribution in [0, 0.1) is 0 Å². The van der Waals surface area contributed by atoms with Gasteiger partial charge in [-0.15, -0.1) is 0 Å². The highest BCUT2D eigenvalue weighted by molar-refractivity contribution is 5.48. The van der Waals surface area contributed by atoms with Gasteiger partial charge in [0.1, 0.15) is 5.82 Å². The molecule has 2 aromatic rings. The molecule has 0 N–H and O–H groups in total. The number of nitrogens with zero attached hydrogens (tertiary/aromatic N) is 3. The van der Waals surface area contributed by atoms with E-state index in [4.69, 9.17) is 4.98 Å². The van der Waals surface area contributed by atoms with Gasteiger partial charge in [-0.3, -0.25) is 4.90 Å². The molecule has 0 radical (unpaired) electrons. The minimum atomic E-state index is 0.475. The van der Waals surface area contributed by atoms with Crippen molar-refractivity contribution in [1.29, 1.82) is 0 Å². The molecule has 2 heterocycles. The largest absolute Gasteiger partial charge is 0.357 e. The third-order valence-electron chi connectivity index (χ3n) is 5.08. The van der Waals surface area contributed by atoms with E-state index in [1.165, 1.54) is 42.8 Å². The van der Waals surface area contributed by atoms with Crippen LogP contribution in [0.15, 0.2) is 48.7 Å². The molecule has 0 spiro atoms. The highest BCUT2D eigenvalue weighted by Gasteiger charge is 2.27. The molecular formula is C21H29N3. The third-order valence-corrected chi connectivity index (χ3v) is 5.08. The molecule has 0 saturated carbocycles. The molecule has 3 rings (SSSR count). The lowest BCUT2D eigenvalue weighted by Crippen LogP contribution is -2.35. The highest BCUT2D eigenvalue weighted by atomic mass is 15.2. The van der Waals surface area contributed by atoms with Gasteiger partial charge < -0.3 is 4.90 Å². The quantitative estimate of drug-likeness (QED) is 0.771. The molecule has 1 aliphatic rings. The fraction of sp³-hybridized carbons (Fsp3) is 0.476. The fourth-order valence-electron chi connectivity index (χ4n) is 3.81. The molecule has 0 unspecified atom stereocenters. The van der Waals surface area contributed by atoms with Gasteiger partial charge in [-0.1, -0.05) is 42.8 Å². The molecule has 1 saturated heterocycles. The van der Waals surface area contributed by atoms with E-state index >= 15 is 0 Å². The smallest absolute Gasteiger partial charge is 0.133 e. The number of rotatable bonds is 6. The minimum absolute atomic E-state index is 0.475. The van der Waals surface area contributed by atoms with Gasteiger partial charge in [0, 0.05) is 37.4 Å². The molecule has 3 nitrogen and oxygen atoms in total.